The van der Waals surface area contributed by atoms with Crippen molar-refractivity contribution in [2.45, 2.75) is 57.4 Å². The number of ether oxygens (including phenoxy) is 1. The molecule has 17 heavy (non-hydrogen) atoms. The summed E-state index contributed by atoms with van der Waals surface area (Å²) in [5.41, 5.74) is 0. The van der Waals surface area contributed by atoms with Gasteiger partial charge in [-0.2, -0.15) is 0 Å². The summed E-state index contributed by atoms with van der Waals surface area (Å²) in [6, 6.07) is 0. The predicted octanol–water partition coefficient (Wildman–Crippen LogP) is 2.72. The summed E-state index contributed by atoms with van der Waals surface area (Å²) >= 11 is 5.83. The van der Waals surface area contributed by atoms with Crippen molar-refractivity contribution in [3.05, 3.63) is 0 Å². The van der Waals surface area contributed by atoms with Gasteiger partial charge in [-0.05, 0) is 45.4 Å². The van der Waals surface area contributed by atoms with Crippen molar-refractivity contribution >= 4 is 17.5 Å². The van der Waals surface area contributed by atoms with Crippen LogP contribution >= 0.6 is 11.6 Å². The van der Waals surface area contributed by atoms with Crippen molar-refractivity contribution in [3.63, 3.8) is 0 Å². The van der Waals surface area contributed by atoms with E-state index in [0.29, 0.717) is 18.4 Å². The Morgan fingerprint density at radius 2 is 2.24 bits per heavy atom. The molecule has 0 heterocycles. The number of carbonyl (C=O) groups is 1. The highest BCUT2D eigenvalue weighted by Crippen LogP contribution is 2.32. The highest BCUT2D eigenvalue weighted by atomic mass is 35.5. The minimum absolute atomic E-state index is 0.173. The van der Waals surface area contributed by atoms with Gasteiger partial charge in [0.2, 0.25) is 5.91 Å². The molecule has 1 N–H and O–H groups in total. The molecule has 0 radical (unpaired) electrons. The van der Waals surface area contributed by atoms with E-state index in [2.05, 4.69) is 5.32 Å². The number of hydrogen-bond donors (Lipinski definition) is 1. The zero-order valence-electron chi connectivity index (χ0n) is 10.9. The molecular formula is C13H24ClNO2. The lowest BCUT2D eigenvalue weighted by Crippen LogP contribution is -2.36. The van der Waals surface area contributed by atoms with Crippen LogP contribution in [0.3, 0.4) is 0 Å². The molecule has 0 spiro atoms. The van der Waals surface area contributed by atoms with E-state index in [9.17, 15) is 4.79 Å². The third kappa shape index (κ3) is 6.27. The molecule has 1 fully saturated rings. The number of halogens is 1. The number of hydrogen-bond acceptors (Lipinski definition) is 2. The normalized spacial score (nSPS) is 25.1. The van der Waals surface area contributed by atoms with E-state index in [-0.39, 0.29) is 11.3 Å². The molecule has 3 nitrogen and oxygen atoms in total. The van der Waals surface area contributed by atoms with Crippen LogP contribution in [0, 0.1) is 5.92 Å². The van der Waals surface area contributed by atoms with Gasteiger partial charge >= 0.3 is 0 Å². The van der Waals surface area contributed by atoms with Crippen molar-refractivity contribution in [1.82, 2.24) is 5.32 Å². The van der Waals surface area contributed by atoms with Gasteiger partial charge in [0.25, 0.3) is 0 Å². The Morgan fingerprint density at radius 3 is 2.82 bits per heavy atom. The third-order valence-corrected chi connectivity index (χ3v) is 3.39. The smallest absolute Gasteiger partial charge is 0.220 e. The Morgan fingerprint density at radius 1 is 1.53 bits per heavy atom. The molecule has 100 valence electrons. The first-order valence-corrected chi connectivity index (χ1v) is 7.07. The largest absolute Gasteiger partial charge is 0.378 e. The Bertz CT molecular complexity index is 227. The first-order chi connectivity index (χ1) is 8.11. The summed E-state index contributed by atoms with van der Waals surface area (Å²) in [6.45, 7) is 5.52. The first kappa shape index (κ1) is 14.8. The lowest BCUT2D eigenvalue weighted by atomic mass is 9.80. The highest BCUT2D eigenvalue weighted by Gasteiger charge is 2.30. The second-order valence-electron chi connectivity index (χ2n) is 4.89. The van der Waals surface area contributed by atoms with E-state index in [1.807, 2.05) is 13.8 Å². The van der Waals surface area contributed by atoms with Crippen LogP contribution in [0.1, 0.15) is 46.0 Å². The fraction of sp³-hybridized carbons (Fsp3) is 0.923. The Balaban J connectivity index is 1.96. The van der Waals surface area contributed by atoms with Crippen LogP contribution in [-0.2, 0) is 9.53 Å². The molecule has 0 aromatic carbocycles. The van der Waals surface area contributed by atoms with Crippen molar-refractivity contribution in [1.29, 1.82) is 0 Å². The van der Waals surface area contributed by atoms with Gasteiger partial charge < -0.3 is 10.1 Å². The average Bonchev–Trinajstić information content (AvgIpc) is 2.21. The van der Waals surface area contributed by atoms with E-state index in [0.717, 1.165) is 38.8 Å². The van der Waals surface area contributed by atoms with Gasteiger partial charge in [0, 0.05) is 24.9 Å². The third-order valence-electron chi connectivity index (χ3n) is 3.17. The van der Waals surface area contributed by atoms with Crippen LogP contribution < -0.4 is 5.32 Å². The minimum Gasteiger partial charge on any atom is -0.378 e. The van der Waals surface area contributed by atoms with Crippen molar-refractivity contribution < 1.29 is 9.53 Å². The maximum Gasteiger partial charge on any atom is 0.220 e. The summed E-state index contributed by atoms with van der Waals surface area (Å²) in [7, 11) is 0. The molecule has 1 atom stereocenters. The molecule has 0 saturated heterocycles. The van der Waals surface area contributed by atoms with E-state index in [4.69, 9.17) is 16.3 Å². The molecule has 0 aromatic heterocycles. The molecule has 1 aliphatic rings. The van der Waals surface area contributed by atoms with Crippen LogP contribution in [-0.4, -0.2) is 30.5 Å². The molecule has 4 heteroatoms. The maximum atomic E-state index is 11.6. The standard InChI is InChI=1S/C13H24ClNO2/c1-3-17-12-7-11(8-12)9-13(16)15-6-4-5-10(2)14/h10-12H,3-9H2,1-2H3,(H,15,16). The van der Waals surface area contributed by atoms with Crippen LogP contribution in [0.15, 0.2) is 0 Å². The number of amides is 1. The molecule has 0 aliphatic heterocycles. The van der Waals surface area contributed by atoms with E-state index in [1.54, 1.807) is 0 Å². The van der Waals surface area contributed by atoms with Gasteiger partial charge in [-0.1, -0.05) is 0 Å². The number of nitrogens with one attached hydrogen (secondary N) is 1. The molecule has 1 saturated carbocycles. The lowest BCUT2D eigenvalue weighted by Gasteiger charge is -2.34. The monoisotopic (exact) mass is 261 g/mol. The number of carbonyl (C=O) groups excluding carboxylic acids is 1. The molecular weight excluding hydrogens is 238 g/mol. The second-order valence-corrected chi connectivity index (χ2v) is 5.64. The fourth-order valence-corrected chi connectivity index (χ4v) is 2.31. The van der Waals surface area contributed by atoms with Crippen molar-refractivity contribution in [2.75, 3.05) is 13.2 Å². The van der Waals surface area contributed by atoms with Gasteiger partial charge in [0.15, 0.2) is 0 Å². The Labute approximate surface area is 109 Å². The van der Waals surface area contributed by atoms with Gasteiger partial charge in [-0.15, -0.1) is 11.6 Å². The molecule has 1 aliphatic carbocycles. The van der Waals surface area contributed by atoms with Crippen molar-refractivity contribution in [2.24, 2.45) is 5.92 Å². The topological polar surface area (TPSA) is 38.3 Å². The zero-order chi connectivity index (χ0) is 12.7. The minimum atomic E-state index is 0.173. The second kappa shape index (κ2) is 7.93. The Hall–Kier alpha value is -0.280. The summed E-state index contributed by atoms with van der Waals surface area (Å²) in [6.07, 6.45) is 5.05. The van der Waals surface area contributed by atoms with Gasteiger partial charge in [0.05, 0.1) is 6.10 Å². The Kier molecular flexibility index (Phi) is 6.90. The van der Waals surface area contributed by atoms with Crippen LogP contribution in [0.5, 0.6) is 0 Å². The van der Waals surface area contributed by atoms with Crippen LogP contribution in [0.25, 0.3) is 0 Å². The van der Waals surface area contributed by atoms with E-state index in [1.165, 1.54) is 0 Å². The van der Waals surface area contributed by atoms with E-state index < -0.39 is 0 Å². The summed E-state index contributed by atoms with van der Waals surface area (Å²) < 4.78 is 5.47. The number of rotatable bonds is 8. The molecule has 1 rings (SSSR count). The quantitative estimate of drug-likeness (QED) is 0.539. The average molecular weight is 262 g/mol. The predicted molar refractivity (Wildman–Crippen MR) is 70.3 cm³/mol. The van der Waals surface area contributed by atoms with Crippen molar-refractivity contribution in [3.8, 4) is 0 Å². The molecule has 0 aromatic rings. The van der Waals surface area contributed by atoms with Crippen LogP contribution in [0.2, 0.25) is 0 Å². The van der Waals surface area contributed by atoms with Gasteiger partial charge in [-0.3, -0.25) is 4.79 Å². The summed E-state index contributed by atoms with van der Waals surface area (Å²) in [5.74, 6) is 0.700. The molecule has 1 unspecified atom stereocenters. The SMILES string of the molecule is CCOC1CC(CC(=O)NCCCC(C)Cl)C1. The molecule has 0 bridgehead atoms. The maximum absolute atomic E-state index is 11.6. The van der Waals surface area contributed by atoms with Crippen LogP contribution in [0.4, 0.5) is 0 Å². The highest BCUT2D eigenvalue weighted by molar-refractivity contribution is 6.20. The molecule has 1 amide bonds. The number of alkyl halides is 1. The first-order valence-electron chi connectivity index (χ1n) is 6.64. The zero-order valence-corrected chi connectivity index (χ0v) is 11.6. The summed E-state index contributed by atoms with van der Waals surface area (Å²) in [4.78, 5) is 11.6. The van der Waals surface area contributed by atoms with E-state index >= 15 is 0 Å². The fourth-order valence-electron chi connectivity index (χ4n) is 2.16. The summed E-state index contributed by atoms with van der Waals surface area (Å²) in [5, 5.41) is 3.15. The lowest BCUT2D eigenvalue weighted by molar-refractivity contribution is -0.124. The van der Waals surface area contributed by atoms with Gasteiger partial charge in [0.1, 0.15) is 0 Å². The van der Waals surface area contributed by atoms with Gasteiger partial charge in [-0.25, -0.2) is 0 Å².